The van der Waals surface area contributed by atoms with Gasteiger partial charge in [-0.15, -0.1) is 11.3 Å². The second kappa shape index (κ2) is 5.56. The number of aromatic nitrogens is 1. The second-order valence-electron chi connectivity index (χ2n) is 3.43. The highest BCUT2D eigenvalue weighted by molar-refractivity contribution is 7.07. The number of benzene rings is 1. The van der Waals surface area contributed by atoms with Crippen molar-refractivity contribution in [2.45, 2.75) is 0 Å². The summed E-state index contributed by atoms with van der Waals surface area (Å²) in [6.45, 7) is 0.218. The van der Waals surface area contributed by atoms with Crippen LogP contribution in [-0.4, -0.2) is 29.1 Å². The number of carbonyl (C=O) groups is 1. The smallest absolute Gasteiger partial charge is 0.251 e. The Morgan fingerprint density at radius 1 is 1.35 bits per heavy atom. The summed E-state index contributed by atoms with van der Waals surface area (Å²) in [5.74, 6) is -0.177. The van der Waals surface area contributed by atoms with Crippen molar-refractivity contribution in [1.82, 2.24) is 10.3 Å². The minimum atomic E-state index is -0.177. The molecule has 2 aromatic rings. The molecule has 0 spiro atoms. The molecule has 2 N–H and O–H groups in total. The number of amides is 1. The third-order valence-electron chi connectivity index (χ3n) is 2.27. The minimum absolute atomic E-state index is 0.0529. The van der Waals surface area contributed by atoms with Gasteiger partial charge in [-0.3, -0.25) is 4.79 Å². The molecule has 0 aliphatic heterocycles. The summed E-state index contributed by atoms with van der Waals surface area (Å²) in [6, 6.07) is 7.23. The lowest BCUT2D eigenvalue weighted by molar-refractivity contribution is 0.0945. The standard InChI is InChI=1S/C12H12N2O2S/c15-6-5-13-12(16)10-3-1-9(2-4-10)11-7-17-8-14-11/h1-4,7-8,15H,5-6H2,(H,13,16). The molecule has 0 fully saturated rings. The molecule has 1 amide bonds. The first-order valence-corrected chi connectivity index (χ1v) is 6.13. The summed E-state index contributed by atoms with van der Waals surface area (Å²) < 4.78 is 0. The summed E-state index contributed by atoms with van der Waals surface area (Å²) in [5.41, 5.74) is 4.26. The third kappa shape index (κ3) is 2.89. The van der Waals surface area contributed by atoms with E-state index in [1.807, 2.05) is 17.5 Å². The number of nitrogens with one attached hydrogen (secondary N) is 1. The lowest BCUT2D eigenvalue weighted by atomic mass is 10.1. The molecular weight excluding hydrogens is 236 g/mol. The van der Waals surface area contributed by atoms with Gasteiger partial charge in [-0.05, 0) is 12.1 Å². The Labute approximate surface area is 103 Å². The Morgan fingerprint density at radius 2 is 2.12 bits per heavy atom. The quantitative estimate of drug-likeness (QED) is 0.862. The highest BCUT2D eigenvalue weighted by atomic mass is 32.1. The molecule has 17 heavy (non-hydrogen) atoms. The van der Waals surface area contributed by atoms with Crippen LogP contribution in [0.4, 0.5) is 0 Å². The molecule has 0 saturated heterocycles. The van der Waals surface area contributed by atoms with Crippen LogP contribution in [0.5, 0.6) is 0 Å². The lowest BCUT2D eigenvalue weighted by Crippen LogP contribution is -2.26. The van der Waals surface area contributed by atoms with Gasteiger partial charge in [-0.2, -0.15) is 0 Å². The molecule has 0 aliphatic rings. The Bertz CT molecular complexity index is 480. The zero-order valence-corrected chi connectivity index (χ0v) is 9.91. The third-order valence-corrected chi connectivity index (χ3v) is 2.86. The topological polar surface area (TPSA) is 62.2 Å². The van der Waals surface area contributed by atoms with Crippen LogP contribution in [0, 0.1) is 0 Å². The number of hydrogen-bond donors (Lipinski definition) is 2. The highest BCUT2D eigenvalue weighted by Gasteiger charge is 2.05. The summed E-state index contributed by atoms with van der Waals surface area (Å²) in [6.07, 6.45) is 0. The second-order valence-corrected chi connectivity index (χ2v) is 4.15. The van der Waals surface area contributed by atoms with Gasteiger partial charge in [0.25, 0.3) is 5.91 Å². The molecule has 0 unspecified atom stereocenters. The molecule has 0 aliphatic carbocycles. The Kier molecular flexibility index (Phi) is 3.85. The maximum Gasteiger partial charge on any atom is 0.251 e. The maximum atomic E-state index is 11.6. The number of hydrogen-bond acceptors (Lipinski definition) is 4. The number of carbonyl (C=O) groups excluding carboxylic acids is 1. The van der Waals surface area contributed by atoms with Gasteiger partial charge in [0.2, 0.25) is 0 Å². The fourth-order valence-corrected chi connectivity index (χ4v) is 1.98. The average Bonchev–Trinajstić information content (AvgIpc) is 2.90. The SMILES string of the molecule is O=C(NCCO)c1ccc(-c2cscn2)cc1. The monoisotopic (exact) mass is 248 g/mol. The van der Waals surface area contributed by atoms with Crippen molar-refractivity contribution >= 4 is 17.2 Å². The Morgan fingerprint density at radius 3 is 2.71 bits per heavy atom. The fourth-order valence-electron chi connectivity index (χ4n) is 1.42. The molecule has 88 valence electrons. The Balaban J connectivity index is 2.10. The van der Waals surface area contributed by atoms with Gasteiger partial charge < -0.3 is 10.4 Å². The van der Waals surface area contributed by atoms with E-state index < -0.39 is 0 Å². The largest absolute Gasteiger partial charge is 0.395 e. The van der Waals surface area contributed by atoms with E-state index in [0.717, 1.165) is 11.3 Å². The van der Waals surface area contributed by atoms with E-state index in [-0.39, 0.29) is 19.1 Å². The summed E-state index contributed by atoms with van der Waals surface area (Å²) in [4.78, 5) is 15.8. The number of nitrogens with zero attached hydrogens (tertiary/aromatic N) is 1. The predicted molar refractivity (Wildman–Crippen MR) is 67.0 cm³/mol. The number of aliphatic hydroxyl groups is 1. The van der Waals surface area contributed by atoms with Crippen LogP contribution in [0.3, 0.4) is 0 Å². The predicted octanol–water partition coefficient (Wildman–Crippen LogP) is 1.53. The van der Waals surface area contributed by atoms with Crippen molar-refractivity contribution in [1.29, 1.82) is 0 Å². The van der Waals surface area contributed by atoms with Crippen molar-refractivity contribution in [3.8, 4) is 11.3 Å². The van der Waals surface area contributed by atoms with E-state index in [1.165, 1.54) is 11.3 Å². The van der Waals surface area contributed by atoms with Crippen LogP contribution < -0.4 is 5.32 Å². The molecule has 0 saturated carbocycles. The van der Waals surface area contributed by atoms with Crippen LogP contribution in [0.2, 0.25) is 0 Å². The van der Waals surface area contributed by atoms with Crippen molar-refractivity contribution in [2.24, 2.45) is 0 Å². The van der Waals surface area contributed by atoms with Gasteiger partial charge in [-0.1, -0.05) is 12.1 Å². The first-order valence-electron chi connectivity index (χ1n) is 5.19. The van der Waals surface area contributed by atoms with Crippen molar-refractivity contribution < 1.29 is 9.90 Å². The first-order chi connectivity index (χ1) is 8.31. The molecule has 0 atom stereocenters. The first kappa shape index (κ1) is 11.8. The number of thiazole rings is 1. The van der Waals surface area contributed by atoms with Crippen LogP contribution in [0.15, 0.2) is 35.2 Å². The molecule has 2 rings (SSSR count). The Hall–Kier alpha value is -1.72. The zero-order valence-electron chi connectivity index (χ0n) is 9.09. The van der Waals surface area contributed by atoms with Gasteiger partial charge in [0.1, 0.15) is 0 Å². The van der Waals surface area contributed by atoms with E-state index in [0.29, 0.717) is 5.56 Å². The van der Waals surface area contributed by atoms with Crippen molar-refractivity contribution in [3.05, 3.63) is 40.7 Å². The summed E-state index contributed by atoms with van der Waals surface area (Å²) >= 11 is 1.54. The van der Waals surface area contributed by atoms with Crippen LogP contribution >= 0.6 is 11.3 Å². The van der Waals surface area contributed by atoms with Gasteiger partial charge in [0.05, 0.1) is 17.8 Å². The highest BCUT2D eigenvalue weighted by Crippen LogP contribution is 2.19. The summed E-state index contributed by atoms with van der Waals surface area (Å²) in [5, 5.41) is 13.2. The molecule has 1 aromatic carbocycles. The zero-order chi connectivity index (χ0) is 12.1. The van der Waals surface area contributed by atoms with Crippen LogP contribution in [0.1, 0.15) is 10.4 Å². The van der Waals surface area contributed by atoms with Gasteiger partial charge in [-0.25, -0.2) is 4.98 Å². The van der Waals surface area contributed by atoms with E-state index in [1.54, 1.807) is 17.6 Å². The van der Waals surface area contributed by atoms with E-state index in [2.05, 4.69) is 10.3 Å². The molecule has 5 heteroatoms. The molecule has 4 nitrogen and oxygen atoms in total. The minimum Gasteiger partial charge on any atom is -0.395 e. The normalized spacial score (nSPS) is 10.2. The van der Waals surface area contributed by atoms with E-state index >= 15 is 0 Å². The van der Waals surface area contributed by atoms with Crippen LogP contribution in [-0.2, 0) is 0 Å². The van der Waals surface area contributed by atoms with E-state index in [9.17, 15) is 4.79 Å². The molecule has 1 aromatic heterocycles. The molecule has 1 heterocycles. The van der Waals surface area contributed by atoms with Gasteiger partial charge >= 0.3 is 0 Å². The average molecular weight is 248 g/mol. The van der Waals surface area contributed by atoms with Crippen molar-refractivity contribution in [2.75, 3.05) is 13.2 Å². The van der Waals surface area contributed by atoms with Gasteiger partial charge in [0, 0.05) is 23.1 Å². The van der Waals surface area contributed by atoms with E-state index in [4.69, 9.17) is 5.11 Å². The molecule has 0 radical (unpaired) electrons. The van der Waals surface area contributed by atoms with Crippen molar-refractivity contribution in [3.63, 3.8) is 0 Å². The fraction of sp³-hybridized carbons (Fsp3) is 0.167. The molecular formula is C12H12N2O2S. The summed E-state index contributed by atoms with van der Waals surface area (Å²) in [7, 11) is 0. The number of rotatable bonds is 4. The van der Waals surface area contributed by atoms with Crippen LogP contribution in [0.25, 0.3) is 11.3 Å². The maximum absolute atomic E-state index is 11.6. The van der Waals surface area contributed by atoms with Gasteiger partial charge in [0.15, 0.2) is 0 Å². The molecule has 0 bridgehead atoms. The lowest BCUT2D eigenvalue weighted by Gasteiger charge is -2.03. The number of aliphatic hydroxyl groups excluding tert-OH is 1.